The van der Waals surface area contributed by atoms with Gasteiger partial charge in [0.05, 0.1) is 12.8 Å². The fraction of sp³-hybridized carbons (Fsp3) is 0.143. The molecule has 2 heterocycles. The molecule has 13 heteroatoms. The van der Waals surface area contributed by atoms with E-state index in [9.17, 15) is 13.6 Å². The lowest BCUT2D eigenvalue weighted by Gasteiger charge is -2.08. The third-order valence-corrected chi connectivity index (χ3v) is 4.51. The summed E-state index contributed by atoms with van der Waals surface area (Å²) in [6.07, 6.45) is 1.89. The van der Waals surface area contributed by atoms with Crippen LogP contribution in [0.3, 0.4) is 0 Å². The average Bonchev–Trinajstić information content (AvgIpc) is 3.45. The SMILES string of the molecule is CCCOc1ccc(-c2c(C(=O)NN=Cc3ccc(F)cc3F)nnn2-c2nonc2N)cc1. The van der Waals surface area contributed by atoms with Gasteiger partial charge in [0.2, 0.25) is 11.6 Å². The highest BCUT2D eigenvalue weighted by Gasteiger charge is 2.25. The van der Waals surface area contributed by atoms with E-state index in [4.69, 9.17) is 10.5 Å². The first-order valence-electron chi connectivity index (χ1n) is 10.0. The molecule has 0 aliphatic rings. The monoisotopic (exact) mass is 468 g/mol. The minimum absolute atomic E-state index is 0.0188. The van der Waals surface area contributed by atoms with Gasteiger partial charge in [0, 0.05) is 17.2 Å². The molecule has 0 spiro atoms. The Hall–Kier alpha value is -4.68. The highest BCUT2D eigenvalue weighted by Crippen LogP contribution is 2.28. The largest absolute Gasteiger partial charge is 0.494 e. The molecule has 2 aromatic carbocycles. The van der Waals surface area contributed by atoms with E-state index in [1.165, 1.54) is 10.7 Å². The Balaban J connectivity index is 1.65. The van der Waals surface area contributed by atoms with Gasteiger partial charge in [-0.2, -0.15) is 9.78 Å². The minimum Gasteiger partial charge on any atom is -0.494 e. The zero-order chi connectivity index (χ0) is 24.1. The smallest absolute Gasteiger partial charge is 0.294 e. The molecular weight excluding hydrogens is 450 g/mol. The van der Waals surface area contributed by atoms with Crippen LogP contribution in [0.1, 0.15) is 29.4 Å². The van der Waals surface area contributed by atoms with Crippen LogP contribution in [0.5, 0.6) is 5.75 Å². The van der Waals surface area contributed by atoms with E-state index in [2.05, 4.69) is 35.8 Å². The molecule has 3 N–H and O–H groups in total. The molecule has 174 valence electrons. The molecule has 0 saturated carbocycles. The normalized spacial score (nSPS) is 11.1. The minimum atomic E-state index is -0.830. The van der Waals surface area contributed by atoms with Crippen molar-refractivity contribution in [3.05, 3.63) is 65.4 Å². The van der Waals surface area contributed by atoms with Crippen LogP contribution >= 0.6 is 0 Å². The first-order valence-corrected chi connectivity index (χ1v) is 10.0. The van der Waals surface area contributed by atoms with Gasteiger partial charge in [-0.25, -0.2) is 18.8 Å². The molecule has 0 aliphatic carbocycles. The van der Waals surface area contributed by atoms with Crippen LogP contribution in [0, 0.1) is 11.6 Å². The Kier molecular flexibility index (Phi) is 6.52. The number of benzene rings is 2. The molecule has 0 fully saturated rings. The zero-order valence-corrected chi connectivity index (χ0v) is 17.8. The van der Waals surface area contributed by atoms with Crippen molar-refractivity contribution in [3.63, 3.8) is 0 Å². The lowest BCUT2D eigenvalue weighted by atomic mass is 10.1. The number of halogens is 2. The first kappa shape index (κ1) is 22.5. The van der Waals surface area contributed by atoms with Gasteiger partial charge >= 0.3 is 0 Å². The lowest BCUT2D eigenvalue weighted by Crippen LogP contribution is -2.19. The summed E-state index contributed by atoms with van der Waals surface area (Å²) < 4.78 is 38.3. The van der Waals surface area contributed by atoms with E-state index >= 15 is 0 Å². The third kappa shape index (κ3) is 4.72. The fourth-order valence-corrected chi connectivity index (χ4v) is 2.93. The standard InChI is InChI=1S/C21H18F2N8O3/c1-2-9-33-15-7-4-12(5-8-15)18-17(26-30-31(18)20-19(24)28-34-29-20)21(32)27-25-11-13-3-6-14(22)10-16(13)23/h3-8,10-11H,2,9H2,1H3,(H2,24,28)(H,27,32). The molecule has 4 aromatic rings. The number of carbonyl (C=O) groups excluding carboxylic acids is 1. The van der Waals surface area contributed by atoms with Crippen molar-refractivity contribution in [2.45, 2.75) is 13.3 Å². The molecule has 34 heavy (non-hydrogen) atoms. The van der Waals surface area contributed by atoms with Gasteiger partial charge < -0.3 is 10.5 Å². The van der Waals surface area contributed by atoms with Gasteiger partial charge in [-0.1, -0.05) is 12.1 Å². The van der Waals surface area contributed by atoms with Gasteiger partial charge in [-0.05, 0) is 53.1 Å². The molecule has 11 nitrogen and oxygen atoms in total. The van der Waals surface area contributed by atoms with E-state index in [0.717, 1.165) is 18.7 Å². The van der Waals surface area contributed by atoms with Crippen LogP contribution in [0.4, 0.5) is 14.6 Å². The number of aromatic nitrogens is 5. The number of amides is 1. The van der Waals surface area contributed by atoms with Crippen molar-refractivity contribution < 1.29 is 22.9 Å². The molecule has 0 atom stereocenters. The Morgan fingerprint density at radius 3 is 2.71 bits per heavy atom. The maximum absolute atomic E-state index is 13.8. The summed E-state index contributed by atoms with van der Waals surface area (Å²) in [7, 11) is 0. The predicted molar refractivity (Wildman–Crippen MR) is 116 cm³/mol. The van der Waals surface area contributed by atoms with E-state index in [-0.39, 0.29) is 28.6 Å². The van der Waals surface area contributed by atoms with Crippen LogP contribution in [0.25, 0.3) is 17.1 Å². The van der Waals surface area contributed by atoms with Gasteiger partial charge in [-0.3, -0.25) is 4.79 Å². The number of anilines is 1. The number of carbonyl (C=O) groups is 1. The van der Waals surface area contributed by atoms with E-state index in [1.807, 2.05) is 6.92 Å². The Morgan fingerprint density at radius 2 is 2.03 bits per heavy atom. The van der Waals surface area contributed by atoms with Gasteiger partial charge in [-0.15, -0.1) is 5.10 Å². The zero-order valence-electron chi connectivity index (χ0n) is 17.8. The van der Waals surface area contributed by atoms with E-state index < -0.39 is 17.5 Å². The molecule has 0 saturated heterocycles. The highest BCUT2D eigenvalue weighted by molar-refractivity contribution is 5.98. The van der Waals surface area contributed by atoms with Crippen LogP contribution in [-0.2, 0) is 0 Å². The summed E-state index contributed by atoms with van der Waals surface area (Å²) in [6.45, 7) is 2.55. The maximum Gasteiger partial charge on any atom is 0.294 e. The number of rotatable bonds is 8. The van der Waals surface area contributed by atoms with Crippen molar-refractivity contribution in [2.24, 2.45) is 5.10 Å². The summed E-state index contributed by atoms with van der Waals surface area (Å²) in [5, 5.41) is 18.8. The second-order valence-corrected chi connectivity index (χ2v) is 6.91. The predicted octanol–water partition coefficient (Wildman–Crippen LogP) is 2.73. The van der Waals surface area contributed by atoms with Crippen LogP contribution in [0.2, 0.25) is 0 Å². The molecule has 0 radical (unpaired) electrons. The topological polar surface area (TPSA) is 146 Å². The highest BCUT2D eigenvalue weighted by atomic mass is 19.1. The van der Waals surface area contributed by atoms with Gasteiger partial charge in [0.25, 0.3) is 5.91 Å². The summed E-state index contributed by atoms with van der Waals surface area (Å²) in [5.74, 6) is -1.70. The van der Waals surface area contributed by atoms with E-state index in [0.29, 0.717) is 24.0 Å². The average molecular weight is 468 g/mol. The number of nitrogens with two attached hydrogens (primary N) is 1. The number of nitrogen functional groups attached to an aromatic ring is 1. The first-order chi connectivity index (χ1) is 16.5. The molecule has 4 rings (SSSR count). The van der Waals surface area contributed by atoms with Crippen LogP contribution in [0.15, 0.2) is 52.2 Å². The van der Waals surface area contributed by atoms with Crippen molar-refractivity contribution in [1.82, 2.24) is 30.7 Å². The summed E-state index contributed by atoms with van der Waals surface area (Å²) >= 11 is 0. The van der Waals surface area contributed by atoms with E-state index in [1.54, 1.807) is 24.3 Å². The van der Waals surface area contributed by atoms with Crippen LogP contribution < -0.4 is 15.9 Å². The number of hydrogen-bond acceptors (Lipinski definition) is 9. The van der Waals surface area contributed by atoms with Gasteiger partial charge in [0.15, 0.2) is 5.69 Å². The molecule has 0 unspecified atom stereocenters. The van der Waals surface area contributed by atoms with Crippen molar-refractivity contribution in [1.29, 1.82) is 0 Å². The van der Waals surface area contributed by atoms with Crippen molar-refractivity contribution >= 4 is 17.9 Å². The molecule has 0 aliphatic heterocycles. The maximum atomic E-state index is 13.8. The molecule has 1 amide bonds. The van der Waals surface area contributed by atoms with Crippen molar-refractivity contribution in [2.75, 3.05) is 12.3 Å². The Labute approximate surface area is 191 Å². The summed E-state index contributed by atoms with van der Waals surface area (Å²) in [4.78, 5) is 12.8. The summed E-state index contributed by atoms with van der Waals surface area (Å²) in [6, 6.07) is 9.82. The number of ether oxygens (including phenoxy) is 1. The third-order valence-electron chi connectivity index (χ3n) is 4.51. The summed E-state index contributed by atoms with van der Waals surface area (Å²) in [5.41, 5.74) is 8.66. The second kappa shape index (κ2) is 9.85. The lowest BCUT2D eigenvalue weighted by molar-refractivity contribution is 0.0950. The second-order valence-electron chi connectivity index (χ2n) is 6.91. The molecule has 2 aromatic heterocycles. The van der Waals surface area contributed by atoms with Crippen molar-refractivity contribution in [3.8, 4) is 22.8 Å². The number of hydrazone groups is 1. The Bertz CT molecular complexity index is 1330. The molecule has 0 bridgehead atoms. The number of nitrogens with one attached hydrogen (secondary N) is 1. The molecular formula is C21H18F2N8O3. The quantitative estimate of drug-likeness (QED) is 0.296. The van der Waals surface area contributed by atoms with Crippen LogP contribution in [-0.4, -0.2) is 44.0 Å². The van der Waals surface area contributed by atoms with Gasteiger partial charge in [0.1, 0.15) is 23.1 Å². The Morgan fingerprint density at radius 1 is 1.24 bits per heavy atom. The number of hydrogen-bond donors (Lipinski definition) is 2. The fourth-order valence-electron chi connectivity index (χ4n) is 2.93. The number of nitrogens with zero attached hydrogens (tertiary/aromatic N) is 6.